The summed E-state index contributed by atoms with van der Waals surface area (Å²) >= 11 is 0. The van der Waals surface area contributed by atoms with Crippen LogP contribution < -0.4 is 5.69 Å². The van der Waals surface area contributed by atoms with Crippen LogP contribution in [0.15, 0.2) is 23.4 Å². The molecule has 1 aliphatic heterocycles. The standard InChI is InChI=1S/C11H14N4O2/c16-11-14-4-3-12-7-10(14)13-15(11)8-9-1-5-17-6-2-9/h3-4,7,9H,1-2,5-6,8H2. The minimum absolute atomic E-state index is 0.0890. The van der Waals surface area contributed by atoms with E-state index < -0.39 is 0 Å². The van der Waals surface area contributed by atoms with Gasteiger partial charge < -0.3 is 4.74 Å². The molecule has 0 atom stereocenters. The Labute approximate surface area is 97.8 Å². The highest BCUT2D eigenvalue weighted by molar-refractivity contribution is 5.31. The van der Waals surface area contributed by atoms with E-state index >= 15 is 0 Å². The lowest BCUT2D eigenvalue weighted by molar-refractivity contribution is 0.0598. The quantitative estimate of drug-likeness (QED) is 0.750. The van der Waals surface area contributed by atoms with Crippen LogP contribution in [0, 0.1) is 5.92 Å². The van der Waals surface area contributed by atoms with Gasteiger partial charge in [0, 0.05) is 32.2 Å². The fourth-order valence-electron chi connectivity index (χ4n) is 2.17. The van der Waals surface area contributed by atoms with Gasteiger partial charge in [-0.1, -0.05) is 0 Å². The van der Waals surface area contributed by atoms with Gasteiger partial charge in [-0.2, -0.15) is 0 Å². The highest BCUT2D eigenvalue weighted by atomic mass is 16.5. The van der Waals surface area contributed by atoms with Gasteiger partial charge in [0.2, 0.25) is 0 Å². The van der Waals surface area contributed by atoms with Gasteiger partial charge >= 0.3 is 5.69 Å². The van der Waals surface area contributed by atoms with Gasteiger partial charge in [-0.25, -0.2) is 13.9 Å². The monoisotopic (exact) mass is 234 g/mol. The Hall–Kier alpha value is -1.69. The first-order valence-corrected chi connectivity index (χ1v) is 5.81. The number of hydrogen-bond donors (Lipinski definition) is 0. The van der Waals surface area contributed by atoms with Crippen molar-refractivity contribution in [3.8, 4) is 0 Å². The van der Waals surface area contributed by atoms with Gasteiger partial charge in [-0.15, -0.1) is 5.10 Å². The maximum absolute atomic E-state index is 12.0. The Morgan fingerprint density at radius 1 is 1.41 bits per heavy atom. The highest BCUT2D eigenvalue weighted by Gasteiger charge is 2.16. The number of fused-ring (bicyclic) bond motifs is 1. The molecule has 0 amide bonds. The van der Waals surface area contributed by atoms with Crippen molar-refractivity contribution in [2.24, 2.45) is 5.92 Å². The van der Waals surface area contributed by atoms with Gasteiger partial charge in [-0.3, -0.25) is 4.98 Å². The van der Waals surface area contributed by atoms with E-state index in [0.717, 1.165) is 26.1 Å². The summed E-state index contributed by atoms with van der Waals surface area (Å²) in [5.74, 6) is 0.485. The maximum atomic E-state index is 12.0. The molecule has 0 unspecified atom stereocenters. The third-order valence-electron chi connectivity index (χ3n) is 3.16. The molecule has 2 aromatic rings. The largest absolute Gasteiger partial charge is 0.381 e. The van der Waals surface area contributed by atoms with Crippen LogP contribution in [-0.4, -0.2) is 32.4 Å². The Morgan fingerprint density at radius 3 is 3.00 bits per heavy atom. The number of nitrogens with zero attached hydrogens (tertiary/aromatic N) is 4. The van der Waals surface area contributed by atoms with Crippen LogP contribution in [-0.2, 0) is 11.3 Å². The summed E-state index contributed by atoms with van der Waals surface area (Å²) in [6, 6.07) is 0. The Morgan fingerprint density at radius 2 is 2.24 bits per heavy atom. The normalized spacial score (nSPS) is 17.6. The molecule has 2 aromatic heterocycles. The average Bonchev–Trinajstić information content (AvgIpc) is 2.68. The molecule has 0 N–H and O–H groups in total. The summed E-state index contributed by atoms with van der Waals surface area (Å²) in [7, 11) is 0. The van der Waals surface area contributed by atoms with E-state index in [1.54, 1.807) is 18.6 Å². The van der Waals surface area contributed by atoms with Gasteiger partial charge in [0.15, 0.2) is 5.65 Å². The second-order valence-electron chi connectivity index (χ2n) is 4.32. The van der Waals surface area contributed by atoms with Crippen LogP contribution in [0.5, 0.6) is 0 Å². The number of ether oxygens (including phenoxy) is 1. The molecule has 0 saturated carbocycles. The molecular weight excluding hydrogens is 220 g/mol. The van der Waals surface area contributed by atoms with Gasteiger partial charge in [-0.05, 0) is 18.8 Å². The van der Waals surface area contributed by atoms with E-state index in [1.165, 1.54) is 9.08 Å². The zero-order valence-corrected chi connectivity index (χ0v) is 9.45. The van der Waals surface area contributed by atoms with Gasteiger partial charge in [0.05, 0.1) is 6.20 Å². The predicted octanol–water partition coefficient (Wildman–Crippen LogP) is 0.318. The van der Waals surface area contributed by atoms with Crippen molar-refractivity contribution < 1.29 is 4.74 Å². The van der Waals surface area contributed by atoms with Crippen LogP contribution >= 0.6 is 0 Å². The zero-order chi connectivity index (χ0) is 11.7. The lowest BCUT2D eigenvalue weighted by Gasteiger charge is -2.21. The Kier molecular flexibility index (Phi) is 2.64. The Bertz CT molecular complexity index is 568. The van der Waals surface area contributed by atoms with E-state index in [9.17, 15) is 4.79 Å². The summed E-state index contributed by atoms with van der Waals surface area (Å²) in [5, 5.41) is 4.27. The molecule has 1 saturated heterocycles. The van der Waals surface area contributed by atoms with E-state index in [1.807, 2.05) is 0 Å². The molecule has 90 valence electrons. The number of rotatable bonds is 2. The summed E-state index contributed by atoms with van der Waals surface area (Å²) in [6.45, 7) is 2.24. The molecule has 0 radical (unpaired) electrons. The summed E-state index contributed by atoms with van der Waals surface area (Å²) < 4.78 is 8.36. The van der Waals surface area contributed by atoms with Crippen molar-refractivity contribution in [2.45, 2.75) is 19.4 Å². The minimum atomic E-state index is -0.0890. The third-order valence-corrected chi connectivity index (χ3v) is 3.16. The van der Waals surface area contributed by atoms with E-state index in [-0.39, 0.29) is 5.69 Å². The van der Waals surface area contributed by atoms with Crippen molar-refractivity contribution >= 4 is 5.65 Å². The van der Waals surface area contributed by atoms with E-state index in [4.69, 9.17) is 4.74 Å². The number of aromatic nitrogens is 4. The second kappa shape index (κ2) is 4.29. The molecule has 6 heteroatoms. The van der Waals surface area contributed by atoms with Crippen LogP contribution in [0.25, 0.3) is 5.65 Å². The molecule has 0 spiro atoms. The second-order valence-corrected chi connectivity index (χ2v) is 4.32. The molecular formula is C11H14N4O2. The highest BCUT2D eigenvalue weighted by Crippen LogP contribution is 2.15. The molecule has 1 aliphatic rings. The van der Waals surface area contributed by atoms with Crippen molar-refractivity contribution in [1.82, 2.24) is 19.2 Å². The first kappa shape index (κ1) is 10.5. The van der Waals surface area contributed by atoms with E-state index in [0.29, 0.717) is 18.1 Å². The van der Waals surface area contributed by atoms with Crippen molar-refractivity contribution in [1.29, 1.82) is 0 Å². The van der Waals surface area contributed by atoms with Gasteiger partial charge in [0.25, 0.3) is 0 Å². The smallest absolute Gasteiger partial charge is 0.350 e. The molecule has 1 fully saturated rings. The Balaban J connectivity index is 1.89. The lowest BCUT2D eigenvalue weighted by atomic mass is 10.0. The van der Waals surface area contributed by atoms with E-state index in [2.05, 4.69) is 10.1 Å². The molecule has 17 heavy (non-hydrogen) atoms. The first-order valence-electron chi connectivity index (χ1n) is 5.81. The van der Waals surface area contributed by atoms with Crippen LogP contribution in [0.4, 0.5) is 0 Å². The molecule has 0 bridgehead atoms. The fraction of sp³-hybridized carbons (Fsp3) is 0.545. The topological polar surface area (TPSA) is 61.4 Å². The van der Waals surface area contributed by atoms with Crippen LogP contribution in [0.3, 0.4) is 0 Å². The lowest BCUT2D eigenvalue weighted by Crippen LogP contribution is -2.27. The molecule has 6 nitrogen and oxygen atoms in total. The molecule has 3 rings (SSSR count). The maximum Gasteiger partial charge on any atom is 0.350 e. The predicted molar refractivity (Wildman–Crippen MR) is 60.8 cm³/mol. The van der Waals surface area contributed by atoms with Gasteiger partial charge in [0.1, 0.15) is 0 Å². The third kappa shape index (κ3) is 1.95. The molecule has 0 aromatic carbocycles. The van der Waals surface area contributed by atoms with Crippen LogP contribution in [0.1, 0.15) is 12.8 Å². The minimum Gasteiger partial charge on any atom is -0.381 e. The van der Waals surface area contributed by atoms with Crippen molar-refractivity contribution in [2.75, 3.05) is 13.2 Å². The van der Waals surface area contributed by atoms with Crippen molar-refractivity contribution in [3.05, 3.63) is 29.1 Å². The van der Waals surface area contributed by atoms with Crippen molar-refractivity contribution in [3.63, 3.8) is 0 Å². The summed E-state index contributed by atoms with van der Waals surface area (Å²) in [4.78, 5) is 16.0. The summed E-state index contributed by atoms with van der Waals surface area (Å²) in [5.41, 5.74) is 0.512. The fourth-order valence-corrected chi connectivity index (χ4v) is 2.17. The molecule has 0 aliphatic carbocycles. The average molecular weight is 234 g/mol. The first-order chi connectivity index (χ1) is 8.34. The number of hydrogen-bond acceptors (Lipinski definition) is 4. The zero-order valence-electron chi connectivity index (χ0n) is 9.45. The molecule has 3 heterocycles. The SMILES string of the molecule is O=c1n(CC2CCOCC2)nc2cnccn12. The summed E-state index contributed by atoms with van der Waals surface area (Å²) in [6.07, 6.45) is 6.83. The van der Waals surface area contributed by atoms with Crippen LogP contribution in [0.2, 0.25) is 0 Å².